The molecule has 0 amide bonds. The zero-order valence-electron chi connectivity index (χ0n) is 11.9. The van der Waals surface area contributed by atoms with Crippen molar-refractivity contribution in [2.45, 2.75) is 39.8 Å². The number of rotatable bonds is 2. The lowest BCUT2D eigenvalue weighted by molar-refractivity contribution is 0.0890. The first kappa shape index (κ1) is 16.4. The van der Waals surface area contributed by atoms with Gasteiger partial charge in [0.15, 0.2) is 0 Å². The number of hydrogen-bond acceptors (Lipinski definition) is 2. The number of benzene rings is 1. The Balaban J connectivity index is 0.00000180. The van der Waals surface area contributed by atoms with Gasteiger partial charge in [0.1, 0.15) is 5.82 Å². The molecule has 1 aliphatic rings. The number of piperidine rings is 1. The summed E-state index contributed by atoms with van der Waals surface area (Å²) in [6.07, 6.45) is 0.987. The molecular weight excluding hydrogens is 263 g/mol. The fraction of sp³-hybridized carbons (Fsp3) is 0.600. The maximum Gasteiger partial charge on any atom is 0.127 e. The van der Waals surface area contributed by atoms with Gasteiger partial charge in [-0.25, -0.2) is 4.39 Å². The summed E-state index contributed by atoms with van der Waals surface area (Å²) in [5, 5.41) is 0. The zero-order valence-corrected chi connectivity index (χ0v) is 12.8. The molecule has 0 aromatic heterocycles. The van der Waals surface area contributed by atoms with Crippen molar-refractivity contribution in [3.63, 3.8) is 0 Å². The van der Waals surface area contributed by atoms with Crippen molar-refractivity contribution in [1.82, 2.24) is 4.90 Å². The monoisotopic (exact) mass is 286 g/mol. The minimum absolute atomic E-state index is 0. The first-order valence-corrected chi connectivity index (χ1v) is 6.61. The van der Waals surface area contributed by atoms with Crippen LogP contribution in [0.4, 0.5) is 4.39 Å². The maximum atomic E-state index is 13.7. The Morgan fingerprint density at radius 3 is 2.74 bits per heavy atom. The molecule has 0 spiro atoms. The maximum absolute atomic E-state index is 13.7. The van der Waals surface area contributed by atoms with Crippen LogP contribution in [0.1, 0.15) is 31.4 Å². The largest absolute Gasteiger partial charge is 0.327 e. The molecule has 1 aliphatic heterocycles. The quantitative estimate of drug-likeness (QED) is 0.905. The van der Waals surface area contributed by atoms with Crippen molar-refractivity contribution in [3.8, 4) is 0 Å². The fourth-order valence-corrected chi connectivity index (χ4v) is 2.69. The average molecular weight is 287 g/mol. The first-order valence-electron chi connectivity index (χ1n) is 6.61. The van der Waals surface area contributed by atoms with Crippen LogP contribution in [0.15, 0.2) is 18.2 Å². The van der Waals surface area contributed by atoms with E-state index in [2.05, 4.69) is 18.7 Å². The Kier molecular flexibility index (Phi) is 5.36. The molecule has 0 aliphatic carbocycles. The zero-order chi connectivity index (χ0) is 13.3. The highest BCUT2D eigenvalue weighted by Gasteiger charge is 2.33. The highest BCUT2D eigenvalue weighted by molar-refractivity contribution is 5.85. The van der Waals surface area contributed by atoms with Crippen LogP contribution < -0.4 is 5.73 Å². The second-order valence-electron chi connectivity index (χ2n) is 6.19. The molecule has 0 radical (unpaired) electrons. The van der Waals surface area contributed by atoms with Crippen molar-refractivity contribution >= 4 is 12.4 Å². The molecule has 1 saturated heterocycles. The molecule has 2 rings (SSSR count). The van der Waals surface area contributed by atoms with Crippen molar-refractivity contribution < 1.29 is 4.39 Å². The molecule has 0 bridgehead atoms. The van der Waals surface area contributed by atoms with Gasteiger partial charge in [-0.3, -0.25) is 4.90 Å². The van der Waals surface area contributed by atoms with Gasteiger partial charge >= 0.3 is 0 Å². The highest BCUT2D eigenvalue weighted by Crippen LogP contribution is 2.28. The summed E-state index contributed by atoms with van der Waals surface area (Å²) >= 11 is 0. The van der Waals surface area contributed by atoms with Crippen LogP contribution in [0.2, 0.25) is 0 Å². The van der Waals surface area contributed by atoms with E-state index < -0.39 is 0 Å². The Bertz CT molecular complexity index is 434. The minimum Gasteiger partial charge on any atom is -0.327 e. The standard InChI is InChI=1S/C15H23FN2.ClH/c1-11-4-5-13(16)12(8-11)9-18-7-6-14(17)15(2,3)10-18;/h4-5,8,14H,6-7,9-10,17H2,1-3H3;1H. The van der Waals surface area contributed by atoms with Crippen LogP contribution in [0, 0.1) is 18.2 Å². The van der Waals surface area contributed by atoms with Gasteiger partial charge in [0, 0.05) is 31.2 Å². The van der Waals surface area contributed by atoms with Crippen molar-refractivity contribution in [3.05, 3.63) is 35.1 Å². The van der Waals surface area contributed by atoms with Crippen LogP contribution in [0.3, 0.4) is 0 Å². The summed E-state index contributed by atoms with van der Waals surface area (Å²) in [5.41, 5.74) is 8.13. The first-order chi connectivity index (χ1) is 8.38. The summed E-state index contributed by atoms with van der Waals surface area (Å²) in [6, 6.07) is 5.56. The summed E-state index contributed by atoms with van der Waals surface area (Å²) in [5.74, 6) is -0.103. The van der Waals surface area contributed by atoms with Crippen LogP contribution in [0.5, 0.6) is 0 Å². The molecule has 1 heterocycles. The molecule has 4 heteroatoms. The normalized spacial score (nSPS) is 22.9. The van der Waals surface area contributed by atoms with Gasteiger partial charge in [-0.1, -0.05) is 31.5 Å². The number of nitrogens with two attached hydrogens (primary N) is 1. The second kappa shape index (κ2) is 6.21. The third-order valence-corrected chi connectivity index (χ3v) is 3.99. The molecule has 2 N–H and O–H groups in total. The Morgan fingerprint density at radius 1 is 1.42 bits per heavy atom. The van der Waals surface area contributed by atoms with Crippen molar-refractivity contribution in [2.24, 2.45) is 11.1 Å². The van der Waals surface area contributed by atoms with Gasteiger partial charge in [-0.2, -0.15) is 0 Å². The molecule has 19 heavy (non-hydrogen) atoms. The van der Waals surface area contributed by atoms with E-state index in [9.17, 15) is 4.39 Å². The third-order valence-electron chi connectivity index (χ3n) is 3.99. The van der Waals surface area contributed by atoms with E-state index in [1.165, 1.54) is 0 Å². The lowest BCUT2D eigenvalue weighted by Gasteiger charge is -2.42. The molecule has 1 fully saturated rings. The molecule has 2 nitrogen and oxygen atoms in total. The summed E-state index contributed by atoms with van der Waals surface area (Å²) < 4.78 is 13.7. The second-order valence-corrected chi connectivity index (χ2v) is 6.19. The number of likely N-dealkylation sites (tertiary alicyclic amines) is 1. The van der Waals surface area contributed by atoms with E-state index in [1.54, 1.807) is 6.07 Å². The number of aryl methyl sites for hydroxylation is 1. The Hall–Kier alpha value is -0.640. The molecule has 1 atom stereocenters. The predicted molar refractivity (Wildman–Crippen MR) is 80.0 cm³/mol. The van der Waals surface area contributed by atoms with Gasteiger partial charge in [-0.05, 0) is 24.8 Å². The molecule has 1 aromatic rings. The summed E-state index contributed by atoms with van der Waals surface area (Å²) in [4.78, 5) is 2.31. The van der Waals surface area contributed by atoms with E-state index in [4.69, 9.17) is 5.73 Å². The van der Waals surface area contributed by atoms with E-state index in [0.29, 0.717) is 6.54 Å². The molecular formula is C15H24ClFN2. The van der Waals surface area contributed by atoms with Crippen LogP contribution in [0.25, 0.3) is 0 Å². The molecule has 1 unspecified atom stereocenters. The smallest absolute Gasteiger partial charge is 0.127 e. The number of nitrogens with zero attached hydrogens (tertiary/aromatic N) is 1. The molecule has 1 aromatic carbocycles. The van der Waals surface area contributed by atoms with Gasteiger partial charge in [-0.15, -0.1) is 12.4 Å². The summed E-state index contributed by atoms with van der Waals surface area (Å²) in [6.45, 7) is 8.95. The Morgan fingerprint density at radius 2 is 2.11 bits per heavy atom. The number of hydrogen-bond donors (Lipinski definition) is 1. The average Bonchev–Trinajstić information content (AvgIpc) is 2.28. The van der Waals surface area contributed by atoms with Gasteiger partial charge < -0.3 is 5.73 Å². The van der Waals surface area contributed by atoms with E-state index in [1.807, 2.05) is 19.1 Å². The minimum atomic E-state index is -0.103. The Labute approximate surface area is 121 Å². The van der Waals surface area contributed by atoms with Crippen LogP contribution in [-0.2, 0) is 6.54 Å². The van der Waals surface area contributed by atoms with E-state index in [-0.39, 0.29) is 29.7 Å². The summed E-state index contributed by atoms with van der Waals surface area (Å²) in [7, 11) is 0. The van der Waals surface area contributed by atoms with Crippen LogP contribution in [-0.4, -0.2) is 24.0 Å². The number of halogens is 2. The third kappa shape index (κ3) is 3.91. The lowest BCUT2D eigenvalue weighted by atomic mass is 9.79. The van der Waals surface area contributed by atoms with Gasteiger partial charge in [0.05, 0.1) is 0 Å². The van der Waals surface area contributed by atoms with Crippen LogP contribution >= 0.6 is 12.4 Å². The fourth-order valence-electron chi connectivity index (χ4n) is 2.69. The lowest BCUT2D eigenvalue weighted by Crippen LogP contribution is -2.52. The van der Waals surface area contributed by atoms with E-state index in [0.717, 1.165) is 30.6 Å². The van der Waals surface area contributed by atoms with Gasteiger partial charge in [0.2, 0.25) is 0 Å². The van der Waals surface area contributed by atoms with Gasteiger partial charge in [0.25, 0.3) is 0 Å². The molecule has 108 valence electrons. The topological polar surface area (TPSA) is 29.3 Å². The highest BCUT2D eigenvalue weighted by atomic mass is 35.5. The van der Waals surface area contributed by atoms with E-state index >= 15 is 0 Å². The SMILES string of the molecule is Cc1ccc(F)c(CN2CCC(N)C(C)(C)C2)c1.Cl. The van der Waals surface area contributed by atoms with Crippen molar-refractivity contribution in [1.29, 1.82) is 0 Å². The molecule has 0 saturated carbocycles. The van der Waals surface area contributed by atoms with Crippen molar-refractivity contribution in [2.75, 3.05) is 13.1 Å². The predicted octanol–water partition coefficient (Wildman–Crippen LogP) is 3.12.